The van der Waals surface area contributed by atoms with Crippen LogP contribution in [0, 0.1) is 18.6 Å². The van der Waals surface area contributed by atoms with Crippen molar-refractivity contribution >= 4 is 28.2 Å². The molecular formula is C14H10ClF2N3. The van der Waals surface area contributed by atoms with E-state index in [2.05, 4.69) is 9.97 Å². The lowest BCUT2D eigenvalue weighted by Gasteiger charge is -2.10. The summed E-state index contributed by atoms with van der Waals surface area (Å²) in [7, 11) is 0. The largest absolute Gasteiger partial charge is 0.395 e. The minimum atomic E-state index is -0.814. The number of hydrogen-bond acceptors (Lipinski definition) is 2. The summed E-state index contributed by atoms with van der Waals surface area (Å²) < 4.78 is 28.6. The highest BCUT2D eigenvalue weighted by atomic mass is 35.5. The quantitative estimate of drug-likeness (QED) is 0.711. The Morgan fingerprint density at radius 1 is 1.20 bits per heavy atom. The molecule has 0 saturated carbocycles. The van der Waals surface area contributed by atoms with Gasteiger partial charge in [-0.05, 0) is 19.1 Å². The molecule has 0 unspecified atom stereocenters. The van der Waals surface area contributed by atoms with Crippen LogP contribution in [0.15, 0.2) is 24.4 Å². The molecule has 6 heteroatoms. The number of anilines is 1. The maximum atomic E-state index is 14.4. The highest BCUT2D eigenvalue weighted by Crippen LogP contribution is 2.34. The van der Waals surface area contributed by atoms with E-state index in [1.165, 1.54) is 6.07 Å². The smallest absolute Gasteiger partial charge is 0.173 e. The molecule has 0 bridgehead atoms. The van der Waals surface area contributed by atoms with Gasteiger partial charge in [0.1, 0.15) is 5.69 Å². The molecule has 20 heavy (non-hydrogen) atoms. The lowest BCUT2D eigenvalue weighted by atomic mass is 10.1. The number of aromatic amines is 1. The van der Waals surface area contributed by atoms with Crippen molar-refractivity contribution in [3.8, 4) is 11.3 Å². The molecule has 3 aromatic rings. The van der Waals surface area contributed by atoms with Crippen LogP contribution >= 0.6 is 11.6 Å². The first kappa shape index (κ1) is 12.9. The summed E-state index contributed by atoms with van der Waals surface area (Å²) in [5, 5.41) is 0.748. The van der Waals surface area contributed by atoms with Crippen LogP contribution in [-0.4, -0.2) is 9.97 Å². The first-order chi connectivity index (χ1) is 9.50. The molecule has 1 aromatic carbocycles. The average molecular weight is 294 g/mol. The van der Waals surface area contributed by atoms with Crippen LogP contribution in [0.5, 0.6) is 0 Å². The number of nitrogen functional groups attached to an aromatic ring is 1. The zero-order chi connectivity index (χ0) is 14.4. The number of nitrogens with one attached hydrogen (secondary N) is 1. The standard InChI is InChI=1S/C14H10ClF2N3/c1-6-9(15)12(18)11(17)14(20-6)8-3-2-7-4-5-19-13(7)10(8)16/h2-5,19H,1H3,(H2,18,20). The van der Waals surface area contributed by atoms with Crippen LogP contribution < -0.4 is 5.73 Å². The van der Waals surface area contributed by atoms with Crippen LogP contribution in [-0.2, 0) is 0 Å². The Hall–Kier alpha value is -2.14. The summed E-state index contributed by atoms with van der Waals surface area (Å²) >= 11 is 5.83. The van der Waals surface area contributed by atoms with Gasteiger partial charge in [0.05, 0.1) is 21.9 Å². The van der Waals surface area contributed by atoms with E-state index in [1.54, 1.807) is 25.3 Å². The summed E-state index contributed by atoms with van der Waals surface area (Å²) in [5.74, 6) is -1.38. The Bertz CT molecular complexity index is 827. The Balaban J connectivity index is 2.33. The Morgan fingerprint density at radius 3 is 2.70 bits per heavy atom. The maximum absolute atomic E-state index is 14.4. The molecule has 2 aromatic heterocycles. The first-order valence-corrected chi connectivity index (χ1v) is 6.25. The fraction of sp³-hybridized carbons (Fsp3) is 0.0714. The lowest BCUT2D eigenvalue weighted by Crippen LogP contribution is -2.02. The SMILES string of the molecule is Cc1nc(-c2ccc3cc[nH]c3c2F)c(F)c(N)c1Cl. The van der Waals surface area contributed by atoms with Gasteiger partial charge >= 0.3 is 0 Å². The number of benzene rings is 1. The van der Waals surface area contributed by atoms with Crippen LogP contribution in [0.3, 0.4) is 0 Å². The van der Waals surface area contributed by atoms with E-state index < -0.39 is 11.6 Å². The first-order valence-electron chi connectivity index (χ1n) is 5.87. The second-order valence-corrected chi connectivity index (χ2v) is 4.83. The van der Waals surface area contributed by atoms with Crippen LogP contribution in [0.2, 0.25) is 5.02 Å². The van der Waals surface area contributed by atoms with Gasteiger partial charge in [0.2, 0.25) is 0 Å². The molecule has 0 radical (unpaired) electrons. The molecule has 0 aliphatic carbocycles. The van der Waals surface area contributed by atoms with Gasteiger partial charge in [0, 0.05) is 17.1 Å². The van der Waals surface area contributed by atoms with Crippen LogP contribution in [0.4, 0.5) is 14.5 Å². The Kier molecular flexibility index (Phi) is 2.87. The Morgan fingerprint density at radius 2 is 1.95 bits per heavy atom. The van der Waals surface area contributed by atoms with Gasteiger partial charge in [-0.3, -0.25) is 0 Å². The average Bonchev–Trinajstić information content (AvgIpc) is 2.91. The third-order valence-electron chi connectivity index (χ3n) is 3.20. The van der Waals surface area contributed by atoms with E-state index in [0.29, 0.717) is 16.6 Å². The molecule has 3 N–H and O–H groups in total. The van der Waals surface area contributed by atoms with E-state index in [1.807, 2.05) is 0 Å². The summed E-state index contributed by atoms with van der Waals surface area (Å²) in [6.07, 6.45) is 1.61. The van der Waals surface area contributed by atoms with Crippen molar-refractivity contribution in [2.24, 2.45) is 0 Å². The molecule has 0 spiro atoms. The normalized spacial score (nSPS) is 11.2. The van der Waals surface area contributed by atoms with E-state index in [9.17, 15) is 8.78 Å². The number of halogens is 3. The molecule has 0 amide bonds. The number of rotatable bonds is 1. The molecule has 0 fully saturated rings. The predicted octanol–water partition coefficient (Wildman–Crippen LogP) is 4.05. The second-order valence-electron chi connectivity index (χ2n) is 4.46. The number of nitrogens with two attached hydrogens (primary N) is 1. The van der Waals surface area contributed by atoms with E-state index in [4.69, 9.17) is 17.3 Å². The summed E-state index contributed by atoms with van der Waals surface area (Å²) in [6, 6.07) is 4.89. The summed E-state index contributed by atoms with van der Waals surface area (Å²) in [5.41, 5.74) is 5.92. The van der Waals surface area contributed by atoms with E-state index in [0.717, 1.165) is 0 Å². The van der Waals surface area contributed by atoms with Gasteiger partial charge < -0.3 is 10.7 Å². The number of H-pyrrole nitrogens is 1. The number of nitrogens with zero attached hydrogens (tertiary/aromatic N) is 1. The van der Waals surface area contributed by atoms with Gasteiger partial charge in [-0.2, -0.15) is 0 Å². The number of pyridine rings is 1. The summed E-state index contributed by atoms with van der Waals surface area (Å²) in [6.45, 7) is 1.59. The van der Waals surface area contributed by atoms with Crippen molar-refractivity contribution in [3.05, 3.63) is 46.7 Å². The van der Waals surface area contributed by atoms with Crippen molar-refractivity contribution in [2.75, 3.05) is 5.73 Å². The number of fused-ring (bicyclic) bond motifs is 1. The fourth-order valence-electron chi connectivity index (χ4n) is 2.14. The molecule has 0 aliphatic heterocycles. The summed E-state index contributed by atoms with van der Waals surface area (Å²) in [4.78, 5) is 6.79. The number of aromatic nitrogens is 2. The van der Waals surface area contributed by atoms with Crippen molar-refractivity contribution in [1.82, 2.24) is 9.97 Å². The van der Waals surface area contributed by atoms with Crippen molar-refractivity contribution in [3.63, 3.8) is 0 Å². The van der Waals surface area contributed by atoms with E-state index in [-0.39, 0.29) is 22.0 Å². The molecule has 3 rings (SSSR count). The number of hydrogen-bond donors (Lipinski definition) is 2. The van der Waals surface area contributed by atoms with Gasteiger partial charge in [-0.15, -0.1) is 0 Å². The molecule has 2 heterocycles. The zero-order valence-corrected chi connectivity index (χ0v) is 11.2. The van der Waals surface area contributed by atoms with E-state index >= 15 is 0 Å². The number of aryl methyl sites for hydroxylation is 1. The maximum Gasteiger partial charge on any atom is 0.173 e. The van der Waals surface area contributed by atoms with Gasteiger partial charge in [-0.1, -0.05) is 17.7 Å². The highest BCUT2D eigenvalue weighted by Gasteiger charge is 2.20. The molecule has 0 saturated heterocycles. The van der Waals surface area contributed by atoms with Crippen LogP contribution in [0.25, 0.3) is 22.2 Å². The predicted molar refractivity (Wildman–Crippen MR) is 75.6 cm³/mol. The molecule has 3 nitrogen and oxygen atoms in total. The van der Waals surface area contributed by atoms with Crippen LogP contribution in [0.1, 0.15) is 5.69 Å². The second kappa shape index (κ2) is 4.45. The third-order valence-corrected chi connectivity index (χ3v) is 3.67. The molecular weight excluding hydrogens is 284 g/mol. The van der Waals surface area contributed by atoms with Gasteiger partial charge in [0.15, 0.2) is 11.6 Å². The van der Waals surface area contributed by atoms with Crippen molar-refractivity contribution in [1.29, 1.82) is 0 Å². The third kappa shape index (κ3) is 1.74. The van der Waals surface area contributed by atoms with Gasteiger partial charge in [-0.25, -0.2) is 13.8 Å². The van der Waals surface area contributed by atoms with Crippen molar-refractivity contribution < 1.29 is 8.78 Å². The molecule has 0 atom stereocenters. The minimum absolute atomic E-state index is 0.0453. The Labute approximate surface area is 118 Å². The molecule has 102 valence electrons. The minimum Gasteiger partial charge on any atom is -0.395 e. The lowest BCUT2D eigenvalue weighted by molar-refractivity contribution is 0.618. The molecule has 0 aliphatic rings. The highest BCUT2D eigenvalue weighted by molar-refractivity contribution is 6.33. The fourth-order valence-corrected chi connectivity index (χ4v) is 2.26. The zero-order valence-electron chi connectivity index (χ0n) is 10.5. The van der Waals surface area contributed by atoms with Crippen molar-refractivity contribution in [2.45, 2.75) is 6.92 Å². The van der Waals surface area contributed by atoms with Gasteiger partial charge in [0.25, 0.3) is 0 Å². The topological polar surface area (TPSA) is 54.7 Å². The monoisotopic (exact) mass is 293 g/mol.